The highest BCUT2D eigenvalue weighted by Crippen LogP contribution is 2.15. The van der Waals surface area contributed by atoms with Crippen molar-refractivity contribution in [2.45, 2.75) is 13.5 Å². The summed E-state index contributed by atoms with van der Waals surface area (Å²) < 4.78 is 1.25. The number of amides is 1. The zero-order chi connectivity index (χ0) is 15.6. The Morgan fingerprint density at radius 1 is 1.33 bits per heavy atom. The average Bonchev–Trinajstić information content (AvgIpc) is 2.42. The molecule has 7 heteroatoms. The van der Waals surface area contributed by atoms with Crippen LogP contribution in [-0.2, 0) is 6.54 Å². The van der Waals surface area contributed by atoms with Crippen LogP contribution in [-0.4, -0.2) is 15.4 Å². The number of primary amides is 1. The third-order valence-electron chi connectivity index (χ3n) is 3.09. The lowest BCUT2D eigenvalue weighted by Gasteiger charge is -2.07. The molecule has 0 unspecified atom stereocenters. The predicted octanol–water partition coefficient (Wildman–Crippen LogP) is 1.21. The Labute approximate surface area is 119 Å². The molecule has 0 saturated heterocycles. The van der Waals surface area contributed by atoms with E-state index in [-0.39, 0.29) is 17.8 Å². The lowest BCUT2D eigenvalue weighted by atomic mass is 10.1. The smallest absolute Gasteiger partial charge is 0.288 e. The van der Waals surface area contributed by atoms with Gasteiger partial charge in [-0.25, -0.2) is 0 Å². The molecule has 0 spiro atoms. The molecular weight excluding hydrogens is 274 g/mol. The highest BCUT2D eigenvalue weighted by molar-refractivity contribution is 5.92. The summed E-state index contributed by atoms with van der Waals surface area (Å²) in [6, 6.07) is 7.63. The first-order valence-corrected chi connectivity index (χ1v) is 6.12. The summed E-state index contributed by atoms with van der Waals surface area (Å²) in [6.07, 6.45) is 1.22. The zero-order valence-corrected chi connectivity index (χ0v) is 11.3. The summed E-state index contributed by atoms with van der Waals surface area (Å²) in [5, 5.41) is 10.9. The Kier molecular flexibility index (Phi) is 3.84. The number of benzene rings is 1. The quantitative estimate of drug-likeness (QED) is 0.673. The molecule has 1 heterocycles. The van der Waals surface area contributed by atoms with Gasteiger partial charge in [-0.05, 0) is 24.6 Å². The van der Waals surface area contributed by atoms with E-state index in [2.05, 4.69) is 0 Å². The fourth-order valence-corrected chi connectivity index (χ4v) is 1.94. The second kappa shape index (κ2) is 5.58. The maximum Gasteiger partial charge on any atom is 0.288 e. The van der Waals surface area contributed by atoms with Crippen LogP contribution in [0.1, 0.15) is 21.5 Å². The standard InChI is InChI=1S/C14H13N3O4/c1-9-6-13(18)16(8-12(9)17(20)21)7-10-2-4-11(5-3-10)14(15)19/h2-6,8H,7H2,1H3,(H2,15,19). The van der Waals surface area contributed by atoms with E-state index in [0.717, 1.165) is 5.56 Å². The van der Waals surface area contributed by atoms with Crippen LogP contribution in [0.4, 0.5) is 5.69 Å². The van der Waals surface area contributed by atoms with Crippen molar-refractivity contribution in [1.82, 2.24) is 4.57 Å². The van der Waals surface area contributed by atoms with Gasteiger partial charge in [-0.3, -0.25) is 19.7 Å². The zero-order valence-electron chi connectivity index (χ0n) is 11.3. The van der Waals surface area contributed by atoms with Crippen LogP contribution in [0, 0.1) is 17.0 Å². The first kappa shape index (κ1) is 14.4. The van der Waals surface area contributed by atoms with Crippen LogP contribution in [0.2, 0.25) is 0 Å². The number of hydrogen-bond donors (Lipinski definition) is 1. The first-order valence-electron chi connectivity index (χ1n) is 6.12. The monoisotopic (exact) mass is 287 g/mol. The summed E-state index contributed by atoms with van der Waals surface area (Å²) in [4.78, 5) is 33.2. The van der Waals surface area contributed by atoms with Crippen molar-refractivity contribution in [2.24, 2.45) is 5.73 Å². The van der Waals surface area contributed by atoms with E-state index < -0.39 is 10.8 Å². The minimum Gasteiger partial charge on any atom is -0.366 e. The van der Waals surface area contributed by atoms with Gasteiger partial charge >= 0.3 is 0 Å². The molecule has 1 amide bonds. The highest BCUT2D eigenvalue weighted by atomic mass is 16.6. The van der Waals surface area contributed by atoms with Gasteiger partial charge in [0.1, 0.15) is 0 Å². The van der Waals surface area contributed by atoms with Gasteiger partial charge in [0.25, 0.3) is 11.2 Å². The van der Waals surface area contributed by atoms with E-state index in [1.165, 1.54) is 23.8 Å². The Hall–Kier alpha value is -2.96. The summed E-state index contributed by atoms with van der Waals surface area (Å²) in [7, 11) is 0. The molecule has 0 radical (unpaired) electrons. The molecule has 0 aliphatic rings. The molecule has 0 aliphatic heterocycles. The van der Waals surface area contributed by atoms with Gasteiger partial charge in [0.15, 0.2) is 0 Å². The van der Waals surface area contributed by atoms with Crippen LogP contribution in [0.3, 0.4) is 0 Å². The molecule has 2 N–H and O–H groups in total. The Balaban J connectivity index is 2.35. The molecule has 2 rings (SSSR count). The van der Waals surface area contributed by atoms with Crippen LogP contribution >= 0.6 is 0 Å². The van der Waals surface area contributed by atoms with Gasteiger partial charge in [-0.1, -0.05) is 12.1 Å². The minimum absolute atomic E-state index is 0.108. The molecular formula is C14H13N3O4. The van der Waals surface area contributed by atoms with Crippen LogP contribution in [0.15, 0.2) is 41.3 Å². The normalized spacial score (nSPS) is 10.3. The molecule has 0 fully saturated rings. The van der Waals surface area contributed by atoms with Gasteiger partial charge in [-0.2, -0.15) is 0 Å². The summed E-state index contributed by atoms with van der Waals surface area (Å²) >= 11 is 0. The van der Waals surface area contributed by atoms with E-state index in [1.807, 2.05) is 0 Å². The largest absolute Gasteiger partial charge is 0.366 e. The molecule has 0 saturated carbocycles. The van der Waals surface area contributed by atoms with Crippen LogP contribution in [0.25, 0.3) is 0 Å². The predicted molar refractivity (Wildman–Crippen MR) is 76.2 cm³/mol. The molecule has 7 nitrogen and oxygen atoms in total. The lowest BCUT2D eigenvalue weighted by Crippen LogP contribution is -2.20. The van der Waals surface area contributed by atoms with Crippen molar-refractivity contribution < 1.29 is 9.72 Å². The number of nitrogens with zero attached hydrogens (tertiary/aromatic N) is 2. The Bertz CT molecular complexity index is 763. The van der Waals surface area contributed by atoms with Gasteiger partial charge in [0, 0.05) is 17.2 Å². The molecule has 21 heavy (non-hydrogen) atoms. The van der Waals surface area contributed by atoms with Gasteiger partial charge in [0.05, 0.1) is 17.7 Å². The number of aryl methyl sites for hydroxylation is 1. The minimum atomic E-state index is -0.537. The maximum atomic E-state index is 11.9. The number of rotatable bonds is 4. The Morgan fingerprint density at radius 2 is 1.95 bits per heavy atom. The summed E-state index contributed by atoms with van der Waals surface area (Å²) in [5.41, 5.74) is 6.13. The van der Waals surface area contributed by atoms with Gasteiger partial charge in [0.2, 0.25) is 5.91 Å². The van der Waals surface area contributed by atoms with Crippen molar-refractivity contribution in [2.75, 3.05) is 0 Å². The van der Waals surface area contributed by atoms with E-state index in [0.29, 0.717) is 11.1 Å². The Morgan fingerprint density at radius 3 is 2.48 bits per heavy atom. The molecule has 2 aromatic rings. The average molecular weight is 287 g/mol. The second-order valence-electron chi connectivity index (χ2n) is 4.63. The molecule has 1 aromatic carbocycles. The number of carbonyl (C=O) groups excluding carboxylic acids is 1. The molecule has 108 valence electrons. The van der Waals surface area contributed by atoms with Crippen molar-refractivity contribution in [3.8, 4) is 0 Å². The number of nitrogens with two attached hydrogens (primary N) is 1. The molecule has 1 aromatic heterocycles. The third-order valence-corrected chi connectivity index (χ3v) is 3.09. The number of pyridine rings is 1. The second-order valence-corrected chi connectivity index (χ2v) is 4.63. The van der Waals surface area contributed by atoms with Crippen LogP contribution < -0.4 is 11.3 Å². The number of hydrogen-bond acceptors (Lipinski definition) is 4. The summed E-state index contributed by atoms with van der Waals surface area (Å²) in [6.45, 7) is 1.70. The number of carbonyl (C=O) groups is 1. The van der Waals surface area contributed by atoms with Crippen molar-refractivity contribution >= 4 is 11.6 Å². The number of nitro groups is 1. The number of aromatic nitrogens is 1. The van der Waals surface area contributed by atoms with Crippen molar-refractivity contribution in [3.05, 3.63) is 73.7 Å². The van der Waals surface area contributed by atoms with Gasteiger partial charge in [-0.15, -0.1) is 0 Å². The lowest BCUT2D eigenvalue weighted by molar-refractivity contribution is -0.385. The van der Waals surface area contributed by atoms with E-state index in [4.69, 9.17) is 5.73 Å². The third kappa shape index (κ3) is 3.14. The van der Waals surface area contributed by atoms with E-state index in [9.17, 15) is 19.7 Å². The van der Waals surface area contributed by atoms with E-state index in [1.54, 1.807) is 24.3 Å². The molecule has 0 aliphatic carbocycles. The van der Waals surface area contributed by atoms with E-state index >= 15 is 0 Å². The molecule has 0 bridgehead atoms. The fourth-order valence-electron chi connectivity index (χ4n) is 1.94. The first-order chi connectivity index (χ1) is 9.88. The van der Waals surface area contributed by atoms with Gasteiger partial charge < -0.3 is 10.3 Å². The molecule has 0 atom stereocenters. The van der Waals surface area contributed by atoms with Crippen LogP contribution in [0.5, 0.6) is 0 Å². The van der Waals surface area contributed by atoms with Crippen molar-refractivity contribution in [1.29, 1.82) is 0 Å². The highest BCUT2D eigenvalue weighted by Gasteiger charge is 2.13. The summed E-state index contributed by atoms with van der Waals surface area (Å²) in [5.74, 6) is -0.537. The maximum absolute atomic E-state index is 11.9. The van der Waals surface area contributed by atoms with Crippen molar-refractivity contribution in [3.63, 3.8) is 0 Å². The fraction of sp³-hybridized carbons (Fsp3) is 0.143. The SMILES string of the molecule is Cc1cc(=O)n(Cc2ccc(C(N)=O)cc2)cc1[N+](=O)[O-]. The topological polar surface area (TPSA) is 108 Å².